The lowest BCUT2D eigenvalue weighted by molar-refractivity contribution is 0.0693. The molecule has 1 aromatic heterocycles. The number of rotatable bonds is 7. The minimum absolute atomic E-state index is 0.0115. The van der Waals surface area contributed by atoms with Crippen molar-refractivity contribution in [3.8, 4) is 22.8 Å². The molecule has 7 nitrogen and oxygen atoms in total. The molecule has 0 saturated carbocycles. The van der Waals surface area contributed by atoms with Crippen LogP contribution in [0, 0.1) is 5.41 Å². The molecule has 1 unspecified atom stereocenters. The smallest absolute Gasteiger partial charge is 0.341 e. The highest BCUT2D eigenvalue weighted by Gasteiger charge is 2.34. The first kappa shape index (κ1) is 23.1. The normalized spacial score (nSPS) is 17.5. The molecule has 0 bridgehead atoms. The zero-order chi connectivity index (χ0) is 23.8. The summed E-state index contributed by atoms with van der Waals surface area (Å²) in [7, 11) is 1.60. The van der Waals surface area contributed by atoms with Gasteiger partial charge in [0.2, 0.25) is 0 Å². The largest absolute Gasteiger partial charge is 0.493 e. The van der Waals surface area contributed by atoms with E-state index in [1.807, 2.05) is 16.7 Å². The Kier molecular flexibility index (Phi) is 6.34. The minimum Gasteiger partial charge on any atom is -0.493 e. The number of carbonyl (C=O) groups is 1. The van der Waals surface area contributed by atoms with Crippen molar-refractivity contribution >= 4 is 5.97 Å². The summed E-state index contributed by atoms with van der Waals surface area (Å²) < 4.78 is 13.7. The standard InChI is InChI=1S/C26H32N2O5/c1-26(2,3)24-13-17-12-23(33-11-7-10-27-8-5-6-9-27)22(32-4)14-18(17)20-15-21(29)19(25(30)31)16-28(20)24/h5-6,12,14-16,24H,7-11,13H2,1-4H3,(H,30,31). The van der Waals surface area contributed by atoms with E-state index in [1.165, 1.54) is 12.3 Å². The van der Waals surface area contributed by atoms with Crippen LogP contribution in [0.2, 0.25) is 0 Å². The van der Waals surface area contributed by atoms with Gasteiger partial charge in [0.05, 0.1) is 19.4 Å². The van der Waals surface area contributed by atoms with Gasteiger partial charge < -0.3 is 19.1 Å². The quantitative estimate of drug-likeness (QED) is 0.505. The second-order valence-electron chi connectivity index (χ2n) is 9.83. The number of hydrogen-bond donors (Lipinski definition) is 1. The fourth-order valence-electron chi connectivity index (χ4n) is 4.67. The number of aromatic nitrogens is 1. The summed E-state index contributed by atoms with van der Waals surface area (Å²) in [5.41, 5.74) is 1.79. The van der Waals surface area contributed by atoms with Crippen molar-refractivity contribution in [1.82, 2.24) is 9.47 Å². The maximum Gasteiger partial charge on any atom is 0.341 e. The lowest BCUT2D eigenvalue weighted by Gasteiger charge is -2.39. The van der Waals surface area contributed by atoms with Gasteiger partial charge in [-0.25, -0.2) is 4.79 Å². The van der Waals surface area contributed by atoms with E-state index in [4.69, 9.17) is 9.47 Å². The van der Waals surface area contributed by atoms with E-state index in [9.17, 15) is 14.7 Å². The molecule has 0 amide bonds. The van der Waals surface area contributed by atoms with Crippen molar-refractivity contribution in [2.24, 2.45) is 5.41 Å². The second-order valence-corrected chi connectivity index (χ2v) is 9.83. The third-order valence-electron chi connectivity index (χ3n) is 6.49. The first-order valence-electron chi connectivity index (χ1n) is 11.4. The van der Waals surface area contributed by atoms with Crippen LogP contribution in [-0.2, 0) is 6.42 Å². The van der Waals surface area contributed by atoms with Crippen LogP contribution < -0.4 is 14.9 Å². The number of fused-ring (bicyclic) bond motifs is 3. The Bertz CT molecular complexity index is 1130. The number of pyridine rings is 1. The van der Waals surface area contributed by atoms with E-state index in [0.717, 1.165) is 37.2 Å². The zero-order valence-corrected chi connectivity index (χ0v) is 19.8. The van der Waals surface area contributed by atoms with E-state index >= 15 is 0 Å². The van der Waals surface area contributed by atoms with Crippen LogP contribution in [0.15, 0.2) is 41.3 Å². The molecule has 2 aromatic rings. The molecule has 0 radical (unpaired) electrons. The third-order valence-corrected chi connectivity index (χ3v) is 6.49. The monoisotopic (exact) mass is 452 g/mol. The van der Waals surface area contributed by atoms with Gasteiger partial charge in [-0.2, -0.15) is 0 Å². The molecule has 0 saturated heterocycles. The SMILES string of the molecule is COc1cc2c(cc1OCCCN1CC=CC1)CC(C(C)(C)C)n1cc(C(=O)O)c(=O)cc1-2. The van der Waals surface area contributed by atoms with Crippen molar-refractivity contribution in [2.75, 3.05) is 33.4 Å². The fraction of sp³-hybridized carbons (Fsp3) is 0.462. The summed E-state index contributed by atoms with van der Waals surface area (Å²) in [5.74, 6) is 0.0910. The number of carboxylic acid groups (broad SMARTS) is 1. The molecule has 0 aliphatic carbocycles. The van der Waals surface area contributed by atoms with Crippen molar-refractivity contribution in [1.29, 1.82) is 0 Å². The summed E-state index contributed by atoms with van der Waals surface area (Å²) in [6, 6.07) is 5.34. The van der Waals surface area contributed by atoms with Crippen LogP contribution in [0.3, 0.4) is 0 Å². The van der Waals surface area contributed by atoms with Crippen molar-refractivity contribution in [3.05, 3.63) is 57.9 Å². The van der Waals surface area contributed by atoms with Gasteiger partial charge in [-0.1, -0.05) is 32.9 Å². The van der Waals surface area contributed by atoms with E-state index in [1.54, 1.807) is 7.11 Å². The van der Waals surface area contributed by atoms with Crippen LogP contribution in [0.5, 0.6) is 11.5 Å². The molecular formula is C26H32N2O5. The van der Waals surface area contributed by atoms with Gasteiger partial charge in [0.1, 0.15) is 5.56 Å². The Morgan fingerprint density at radius 2 is 1.88 bits per heavy atom. The second kappa shape index (κ2) is 9.06. The van der Waals surface area contributed by atoms with Crippen molar-refractivity contribution in [3.63, 3.8) is 0 Å². The average Bonchev–Trinajstić information content (AvgIpc) is 3.28. The van der Waals surface area contributed by atoms with Crippen LogP contribution in [0.4, 0.5) is 0 Å². The molecular weight excluding hydrogens is 420 g/mol. The summed E-state index contributed by atoms with van der Waals surface area (Å²) in [6.45, 7) is 9.94. The Morgan fingerprint density at radius 1 is 1.15 bits per heavy atom. The number of ether oxygens (including phenoxy) is 2. The number of aromatic carboxylic acids is 1. The molecule has 3 heterocycles. The zero-order valence-electron chi connectivity index (χ0n) is 19.8. The predicted octanol–water partition coefficient (Wildman–Crippen LogP) is 4.01. The van der Waals surface area contributed by atoms with Crippen LogP contribution in [0.25, 0.3) is 11.3 Å². The van der Waals surface area contributed by atoms with Crippen LogP contribution in [0.1, 0.15) is 49.2 Å². The molecule has 2 aliphatic heterocycles. The van der Waals surface area contributed by atoms with Gasteiger partial charge in [-0.05, 0) is 36.0 Å². The summed E-state index contributed by atoms with van der Waals surface area (Å²) in [4.78, 5) is 26.5. The molecule has 4 rings (SSSR count). The molecule has 0 fully saturated rings. The maximum atomic E-state index is 12.5. The first-order chi connectivity index (χ1) is 15.7. The molecule has 7 heteroatoms. The molecule has 33 heavy (non-hydrogen) atoms. The van der Waals surface area contributed by atoms with Crippen molar-refractivity contribution in [2.45, 2.75) is 39.7 Å². The number of nitrogens with zero attached hydrogens (tertiary/aromatic N) is 2. The predicted molar refractivity (Wildman–Crippen MR) is 128 cm³/mol. The summed E-state index contributed by atoms with van der Waals surface area (Å²) >= 11 is 0. The molecule has 176 valence electrons. The average molecular weight is 453 g/mol. The lowest BCUT2D eigenvalue weighted by Crippen LogP contribution is -2.32. The highest BCUT2D eigenvalue weighted by molar-refractivity contribution is 5.88. The van der Waals surface area contributed by atoms with Crippen LogP contribution in [-0.4, -0.2) is 53.9 Å². The molecule has 1 N–H and O–H groups in total. The van der Waals surface area contributed by atoms with E-state index in [0.29, 0.717) is 30.2 Å². The number of methoxy groups -OCH3 is 1. The third kappa shape index (κ3) is 4.69. The Labute approximate surface area is 194 Å². The Hall–Kier alpha value is -3.06. The first-order valence-corrected chi connectivity index (χ1v) is 11.4. The topological polar surface area (TPSA) is 81.0 Å². The number of benzene rings is 1. The van der Waals surface area contributed by atoms with Gasteiger partial charge in [0.25, 0.3) is 0 Å². The molecule has 1 atom stereocenters. The summed E-state index contributed by atoms with van der Waals surface area (Å²) in [6.07, 6.45) is 7.47. The van der Waals surface area contributed by atoms with Gasteiger partial charge in [0.15, 0.2) is 16.9 Å². The number of carboxylic acids is 1. The van der Waals surface area contributed by atoms with E-state index in [-0.39, 0.29) is 17.0 Å². The highest BCUT2D eigenvalue weighted by atomic mass is 16.5. The summed E-state index contributed by atoms with van der Waals surface area (Å²) in [5, 5.41) is 9.49. The Balaban J connectivity index is 1.68. The van der Waals surface area contributed by atoms with Gasteiger partial charge >= 0.3 is 5.97 Å². The van der Waals surface area contributed by atoms with Crippen molar-refractivity contribution < 1.29 is 19.4 Å². The number of hydrogen-bond acceptors (Lipinski definition) is 5. The lowest BCUT2D eigenvalue weighted by atomic mass is 9.78. The minimum atomic E-state index is -1.21. The van der Waals surface area contributed by atoms with Gasteiger partial charge in [-0.3, -0.25) is 9.69 Å². The maximum absolute atomic E-state index is 12.5. The van der Waals surface area contributed by atoms with Gasteiger partial charge in [-0.15, -0.1) is 0 Å². The highest BCUT2D eigenvalue weighted by Crippen LogP contribution is 2.45. The Morgan fingerprint density at radius 3 is 2.52 bits per heavy atom. The molecule has 1 aromatic carbocycles. The van der Waals surface area contributed by atoms with E-state index < -0.39 is 11.4 Å². The molecule has 2 aliphatic rings. The van der Waals surface area contributed by atoms with Crippen LogP contribution >= 0.6 is 0 Å². The fourth-order valence-corrected chi connectivity index (χ4v) is 4.67. The molecule has 0 spiro atoms. The van der Waals surface area contributed by atoms with E-state index in [2.05, 4.69) is 37.8 Å². The van der Waals surface area contributed by atoms with Gasteiger partial charge in [0, 0.05) is 43.5 Å².